The number of rotatable bonds is 7. The molecule has 1 amide bonds. The van der Waals surface area contributed by atoms with Crippen LogP contribution in [0.25, 0.3) is 6.08 Å². The Morgan fingerprint density at radius 2 is 1.89 bits per heavy atom. The van der Waals surface area contributed by atoms with Gasteiger partial charge in [-0.3, -0.25) is 4.79 Å². The summed E-state index contributed by atoms with van der Waals surface area (Å²) in [5.41, 5.74) is 0.638. The van der Waals surface area contributed by atoms with E-state index in [9.17, 15) is 18.0 Å². The number of nitrogens with zero attached hydrogens (tertiary/aromatic N) is 1. The van der Waals surface area contributed by atoms with Gasteiger partial charge in [-0.25, -0.2) is 13.2 Å². The fraction of sp³-hybridized carbons (Fsp3) is 0.444. The number of sulfonamides is 1. The topological polar surface area (TPSA) is 102 Å². The normalized spacial score (nSPS) is 16.8. The highest BCUT2D eigenvalue weighted by Gasteiger charge is 2.26. The number of carbonyl (C=O) groups excluding carboxylic acids is 2. The standard InChI is InChI=1S/C18H24N2O6S/c1-3-19-18(22)14(2)26-17(21)9-6-15-4-7-16(8-5-15)27(23,24)20-10-12-25-13-11-20/h4-9,14H,3,10-13H2,1-2H3,(H,19,22)/b9-6+/t14-/m0/s1. The fourth-order valence-corrected chi connectivity index (χ4v) is 3.84. The van der Waals surface area contributed by atoms with Gasteiger partial charge in [0.1, 0.15) is 0 Å². The lowest BCUT2D eigenvalue weighted by molar-refractivity contribution is -0.150. The van der Waals surface area contributed by atoms with E-state index >= 15 is 0 Å². The molecule has 0 radical (unpaired) electrons. The first-order valence-electron chi connectivity index (χ1n) is 8.69. The first-order valence-corrected chi connectivity index (χ1v) is 10.1. The maximum atomic E-state index is 12.5. The molecule has 0 unspecified atom stereocenters. The molecule has 1 aliphatic heterocycles. The van der Waals surface area contributed by atoms with Gasteiger partial charge in [0.15, 0.2) is 6.10 Å². The lowest BCUT2D eigenvalue weighted by Gasteiger charge is -2.26. The van der Waals surface area contributed by atoms with Crippen molar-refractivity contribution in [2.45, 2.75) is 24.8 Å². The number of morpholine rings is 1. The van der Waals surface area contributed by atoms with Gasteiger partial charge in [0.2, 0.25) is 10.0 Å². The van der Waals surface area contributed by atoms with Gasteiger partial charge in [-0.05, 0) is 37.6 Å². The minimum absolute atomic E-state index is 0.189. The first kappa shape index (κ1) is 21.1. The minimum atomic E-state index is -3.55. The predicted molar refractivity (Wildman–Crippen MR) is 99.3 cm³/mol. The van der Waals surface area contributed by atoms with Crippen LogP contribution in [-0.2, 0) is 29.1 Å². The molecule has 9 heteroatoms. The highest BCUT2D eigenvalue weighted by molar-refractivity contribution is 7.89. The molecule has 0 bridgehead atoms. The molecule has 8 nitrogen and oxygen atoms in total. The van der Waals surface area contributed by atoms with E-state index in [0.717, 1.165) is 0 Å². The van der Waals surface area contributed by atoms with Crippen LogP contribution in [0, 0.1) is 0 Å². The monoisotopic (exact) mass is 396 g/mol. The van der Waals surface area contributed by atoms with E-state index in [1.807, 2.05) is 0 Å². The molecule has 1 fully saturated rings. The van der Waals surface area contributed by atoms with Crippen molar-refractivity contribution in [2.75, 3.05) is 32.8 Å². The maximum absolute atomic E-state index is 12.5. The van der Waals surface area contributed by atoms with Gasteiger partial charge >= 0.3 is 5.97 Å². The SMILES string of the molecule is CCNC(=O)[C@H](C)OC(=O)/C=C/c1ccc(S(=O)(=O)N2CCOCC2)cc1. The molecule has 1 aliphatic rings. The maximum Gasteiger partial charge on any atom is 0.331 e. The van der Waals surface area contributed by atoms with Crippen LogP contribution >= 0.6 is 0 Å². The highest BCUT2D eigenvalue weighted by atomic mass is 32.2. The Labute approximate surface area is 159 Å². The van der Waals surface area contributed by atoms with Crippen LogP contribution in [0.4, 0.5) is 0 Å². The van der Waals surface area contributed by atoms with Gasteiger partial charge in [0, 0.05) is 25.7 Å². The lowest BCUT2D eigenvalue weighted by atomic mass is 10.2. The molecule has 0 spiro atoms. The van der Waals surface area contributed by atoms with E-state index in [-0.39, 0.29) is 10.8 Å². The molecule has 1 saturated heterocycles. The van der Waals surface area contributed by atoms with E-state index < -0.39 is 22.1 Å². The second kappa shape index (κ2) is 9.63. The lowest BCUT2D eigenvalue weighted by Crippen LogP contribution is -2.40. The van der Waals surface area contributed by atoms with Crippen LogP contribution in [0.5, 0.6) is 0 Å². The molecule has 1 aromatic carbocycles. The number of ether oxygens (including phenoxy) is 2. The Morgan fingerprint density at radius 1 is 1.26 bits per heavy atom. The number of hydrogen-bond donors (Lipinski definition) is 1. The molecular formula is C18H24N2O6S. The summed E-state index contributed by atoms with van der Waals surface area (Å²) in [6.45, 7) is 5.15. The molecule has 0 saturated carbocycles. The van der Waals surface area contributed by atoms with Crippen molar-refractivity contribution in [3.8, 4) is 0 Å². The predicted octanol–water partition coefficient (Wildman–Crippen LogP) is 0.789. The quantitative estimate of drug-likeness (QED) is 0.540. The number of benzene rings is 1. The molecule has 1 atom stereocenters. The van der Waals surface area contributed by atoms with Crippen molar-refractivity contribution < 1.29 is 27.5 Å². The summed E-state index contributed by atoms with van der Waals surface area (Å²) in [5.74, 6) is -1.02. The Balaban J connectivity index is 1.97. The molecule has 0 aliphatic carbocycles. The van der Waals surface area contributed by atoms with Crippen LogP contribution in [0.3, 0.4) is 0 Å². The zero-order chi connectivity index (χ0) is 19.9. The molecule has 1 heterocycles. The second-order valence-electron chi connectivity index (χ2n) is 5.89. The molecule has 2 rings (SSSR count). The smallest absolute Gasteiger partial charge is 0.331 e. The zero-order valence-corrected chi connectivity index (χ0v) is 16.2. The van der Waals surface area contributed by atoms with Gasteiger partial charge in [0.05, 0.1) is 18.1 Å². The summed E-state index contributed by atoms with van der Waals surface area (Å²) >= 11 is 0. The van der Waals surface area contributed by atoms with Gasteiger partial charge < -0.3 is 14.8 Å². The number of hydrogen-bond acceptors (Lipinski definition) is 6. The molecule has 27 heavy (non-hydrogen) atoms. The molecule has 1 aromatic rings. The van der Waals surface area contributed by atoms with Gasteiger partial charge in [-0.2, -0.15) is 4.31 Å². The Morgan fingerprint density at radius 3 is 2.48 bits per heavy atom. The summed E-state index contributed by atoms with van der Waals surface area (Å²) in [5, 5.41) is 2.56. The van der Waals surface area contributed by atoms with Crippen LogP contribution < -0.4 is 5.32 Å². The van der Waals surface area contributed by atoms with Gasteiger partial charge in [-0.1, -0.05) is 12.1 Å². The van der Waals surface area contributed by atoms with Crippen LogP contribution in [0.15, 0.2) is 35.2 Å². The van der Waals surface area contributed by atoms with E-state index in [1.54, 1.807) is 19.1 Å². The summed E-state index contributed by atoms with van der Waals surface area (Å²) in [6, 6.07) is 6.19. The molecule has 1 N–H and O–H groups in total. The van der Waals surface area contributed by atoms with Crippen molar-refractivity contribution in [3.05, 3.63) is 35.9 Å². The fourth-order valence-electron chi connectivity index (χ4n) is 2.44. The second-order valence-corrected chi connectivity index (χ2v) is 7.83. The zero-order valence-electron chi connectivity index (χ0n) is 15.4. The van der Waals surface area contributed by atoms with Gasteiger partial charge in [-0.15, -0.1) is 0 Å². The van der Waals surface area contributed by atoms with Crippen molar-refractivity contribution >= 4 is 28.0 Å². The van der Waals surface area contributed by atoms with Crippen LogP contribution in [0.2, 0.25) is 0 Å². The van der Waals surface area contributed by atoms with Crippen molar-refractivity contribution in [1.82, 2.24) is 9.62 Å². The van der Waals surface area contributed by atoms with E-state index in [4.69, 9.17) is 9.47 Å². The third-order valence-corrected chi connectivity index (χ3v) is 5.83. The number of likely N-dealkylation sites (N-methyl/N-ethyl adjacent to an activating group) is 1. The number of amides is 1. The first-order chi connectivity index (χ1) is 12.8. The molecule has 148 valence electrons. The highest BCUT2D eigenvalue weighted by Crippen LogP contribution is 2.18. The van der Waals surface area contributed by atoms with E-state index in [0.29, 0.717) is 38.4 Å². The van der Waals surface area contributed by atoms with Crippen molar-refractivity contribution in [1.29, 1.82) is 0 Å². The number of carbonyl (C=O) groups is 2. The van der Waals surface area contributed by atoms with Gasteiger partial charge in [0.25, 0.3) is 5.91 Å². The van der Waals surface area contributed by atoms with E-state index in [2.05, 4.69) is 5.32 Å². The Bertz CT molecular complexity index is 783. The minimum Gasteiger partial charge on any atom is -0.449 e. The van der Waals surface area contributed by atoms with Crippen molar-refractivity contribution in [2.24, 2.45) is 0 Å². The van der Waals surface area contributed by atoms with Crippen LogP contribution in [0.1, 0.15) is 19.4 Å². The summed E-state index contributed by atoms with van der Waals surface area (Å²) < 4.78 is 36.6. The summed E-state index contributed by atoms with van der Waals surface area (Å²) in [6.07, 6.45) is 1.81. The summed E-state index contributed by atoms with van der Waals surface area (Å²) in [7, 11) is -3.55. The largest absolute Gasteiger partial charge is 0.449 e. The average molecular weight is 396 g/mol. The summed E-state index contributed by atoms with van der Waals surface area (Å²) in [4.78, 5) is 23.5. The van der Waals surface area contributed by atoms with Crippen LogP contribution in [-0.4, -0.2) is 63.6 Å². The molecular weight excluding hydrogens is 372 g/mol. The number of nitrogens with one attached hydrogen (secondary N) is 1. The Kier molecular flexibility index (Phi) is 7.52. The average Bonchev–Trinajstić information content (AvgIpc) is 2.67. The number of esters is 1. The Hall–Kier alpha value is -2.23. The van der Waals surface area contributed by atoms with E-state index in [1.165, 1.54) is 35.5 Å². The van der Waals surface area contributed by atoms with Crippen molar-refractivity contribution in [3.63, 3.8) is 0 Å². The third kappa shape index (κ3) is 5.88. The third-order valence-electron chi connectivity index (χ3n) is 3.91. The molecule has 0 aromatic heterocycles.